The van der Waals surface area contributed by atoms with Crippen molar-refractivity contribution in [1.29, 1.82) is 0 Å². The zero-order valence-corrected chi connectivity index (χ0v) is 13.6. The van der Waals surface area contributed by atoms with E-state index in [1.807, 2.05) is 78.9 Å². The smallest absolute Gasteiger partial charge is 0.161 e. The average molecular weight is 320 g/mol. The summed E-state index contributed by atoms with van der Waals surface area (Å²) in [5, 5.41) is 10.5. The Morgan fingerprint density at radius 1 is 0.792 bits per heavy atom. The Morgan fingerprint density at radius 2 is 1.46 bits per heavy atom. The third-order valence-electron chi connectivity index (χ3n) is 3.86. The second-order valence-electron chi connectivity index (χ2n) is 5.50. The van der Waals surface area contributed by atoms with Crippen molar-refractivity contribution in [2.75, 3.05) is 7.11 Å². The maximum atomic E-state index is 10.5. The third kappa shape index (κ3) is 3.76. The molecule has 0 spiro atoms. The van der Waals surface area contributed by atoms with E-state index in [0.717, 1.165) is 16.7 Å². The molecule has 3 heteroatoms. The standard InChI is InChI=1S/C21H20O3/c1-23-20-14-18(21(22)17-10-6-3-7-11-17)12-13-19(20)24-15-16-8-4-2-5-9-16/h2-14,21-22H,15H2,1H3. The topological polar surface area (TPSA) is 38.7 Å². The van der Waals surface area contributed by atoms with Gasteiger partial charge < -0.3 is 14.6 Å². The van der Waals surface area contributed by atoms with E-state index in [1.54, 1.807) is 7.11 Å². The third-order valence-corrected chi connectivity index (χ3v) is 3.86. The van der Waals surface area contributed by atoms with E-state index in [1.165, 1.54) is 0 Å². The van der Waals surface area contributed by atoms with Gasteiger partial charge in [-0.05, 0) is 28.8 Å². The van der Waals surface area contributed by atoms with Crippen LogP contribution in [0.1, 0.15) is 22.8 Å². The van der Waals surface area contributed by atoms with Crippen molar-refractivity contribution in [3.8, 4) is 11.5 Å². The highest BCUT2D eigenvalue weighted by atomic mass is 16.5. The van der Waals surface area contributed by atoms with Gasteiger partial charge in [-0.1, -0.05) is 66.7 Å². The first-order valence-corrected chi connectivity index (χ1v) is 7.85. The summed E-state index contributed by atoms with van der Waals surface area (Å²) in [5.74, 6) is 1.27. The van der Waals surface area contributed by atoms with Crippen molar-refractivity contribution in [2.45, 2.75) is 12.7 Å². The Balaban J connectivity index is 1.78. The maximum absolute atomic E-state index is 10.5. The van der Waals surface area contributed by atoms with Crippen LogP contribution >= 0.6 is 0 Å². The molecule has 0 saturated carbocycles. The second-order valence-corrected chi connectivity index (χ2v) is 5.50. The molecular formula is C21H20O3. The number of rotatable bonds is 6. The molecule has 122 valence electrons. The molecule has 0 aliphatic rings. The number of aliphatic hydroxyl groups excluding tert-OH is 1. The Kier molecular flexibility index (Phi) is 5.14. The SMILES string of the molecule is COc1cc(C(O)c2ccccc2)ccc1OCc1ccccc1. The lowest BCUT2D eigenvalue weighted by atomic mass is 10.0. The van der Waals surface area contributed by atoms with E-state index in [0.29, 0.717) is 18.1 Å². The van der Waals surface area contributed by atoms with Gasteiger partial charge in [-0.15, -0.1) is 0 Å². The van der Waals surface area contributed by atoms with Crippen LogP contribution in [-0.2, 0) is 6.61 Å². The van der Waals surface area contributed by atoms with Crippen LogP contribution in [0.5, 0.6) is 11.5 Å². The lowest BCUT2D eigenvalue weighted by Gasteiger charge is -2.15. The lowest BCUT2D eigenvalue weighted by Crippen LogP contribution is -2.02. The summed E-state index contributed by atoms with van der Waals surface area (Å²) in [6.07, 6.45) is -0.691. The quantitative estimate of drug-likeness (QED) is 0.733. The van der Waals surface area contributed by atoms with Gasteiger partial charge in [-0.2, -0.15) is 0 Å². The molecule has 1 atom stereocenters. The molecule has 0 aromatic heterocycles. The van der Waals surface area contributed by atoms with Crippen LogP contribution in [0.2, 0.25) is 0 Å². The first-order chi connectivity index (χ1) is 11.8. The van der Waals surface area contributed by atoms with Crippen molar-refractivity contribution in [1.82, 2.24) is 0 Å². The minimum Gasteiger partial charge on any atom is -0.493 e. The van der Waals surface area contributed by atoms with Crippen molar-refractivity contribution < 1.29 is 14.6 Å². The highest BCUT2D eigenvalue weighted by Crippen LogP contribution is 2.32. The van der Waals surface area contributed by atoms with Crippen molar-refractivity contribution >= 4 is 0 Å². The maximum Gasteiger partial charge on any atom is 0.161 e. The molecule has 0 aliphatic carbocycles. The van der Waals surface area contributed by atoms with E-state index in [4.69, 9.17) is 9.47 Å². The average Bonchev–Trinajstić information content (AvgIpc) is 2.67. The summed E-state index contributed by atoms with van der Waals surface area (Å²) >= 11 is 0. The molecule has 3 rings (SSSR count). The lowest BCUT2D eigenvalue weighted by molar-refractivity contribution is 0.219. The van der Waals surface area contributed by atoms with Crippen molar-refractivity contribution in [2.24, 2.45) is 0 Å². The van der Waals surface area contributed by atoms with Gasteiger partial charge in [0.15, 0.2) is 11.5 Å². The van der Waals surface area contributed by atoms with Crippen LogP contribution in [0, 0.1) is 0 Å². The Morgan fingerprint density at radius 3 is 2.12 bits per heavy atom. The van der Waals surface area contributed by atoms with Crippen LogP contribution in [0.3, 0.4) is 0 Å². The highest BCUT2D eigenvalue weighted by Gasteiger charge is 2.13. The fourth-order valence-electron chi connectivity index (χ4n) is 2.54. The number of aliphatic hydroxyl groups is 1. The molecule has 0 saturated heterocycles. The van der Waals surface area contributed by atoms with E-state index in [2.05, 4.69) is 0 Å². The summed E-state index contributed by atoms with van der Waals surface area (Å²) in [4.78, 5) is 0. The molecule has 0 aliphatic heterocycles. The van der Waals surface area contributed by atoms with E-state index in [9.17, 15) is 5.11 Å². The largest absolute Gasteiger partial charge is 0.493 e. The fourth-order valence-corrected chi connectivity index (χ4v) is 2.54. The summed E-state index contributed by atoms with van der Waals surface area (Å²) in [5.41, 5.74) is 2.70. The number of methoxy groups -OCH3 is 1. The minimum absolute atomic E-state index is 0.470. The predicted octanol–water partition coefficient (Wildman–Crippen LogP) is 4.36. The monoisotopic (exact) mass is 320 g/mol. The van der Waals surface area contributed by atoms with Gasteiger partial charge in [0.1, 0.15) is 12.7 Å². The normalized spacial score (nSPS) is 11.8. The molecule has 3 aromatic carbocycles. The van der Waals surface area contributed by atoms with Crippen molar-refractivity contribution in [3.63, 3.8) is 0 Å². The van der Waals surface area contributed by atoms with Gasteiger partial charge in [-0.3, -0.25) is 0 Å². The van der Waals surface area contributed by atoms with Crippen LogP contribution in [0.15, 0.2) is 78.9 Å². The fraction of sp³-hybridized carbons (Fsp3) is 0.143. The van der Waals surface area contributed by atoms with E-state index in [-0.39, 0.29) is 0 Å². The predicted molar refractivity (Wildman–Crippen MR) is 94.3 cm³/mol. The highest BCUT2D eigenvalue weighted by molar-refractivity contribution is 5.45. The molecule has 0 heterocycles. The van der Waals surface area contributed by atoms with Crippen LogP contribution in [0.4, 0.5) is 0 Å². The molecule has 3 aromatic rings. The van der Waals surface area contributed by atoms with Gasteiger partial charge in [0, 0.05) is 0 Å². The Bertz CT molecular complexity index is 770. The summed E-state index contributed by atoms with van der Waals surface area (Å²) in [6, 6.07) is 25.0. The summed E-state index contributed by atoms with van der Waals surface area (Å²) < 4.78 is 11.3. The second kappa shape index (κ2) is 7.66. The number of hydrogen-bond acceptors (Lipinski definition) is 3. The van der Waals surface area contributed by atoms with Gasteiger partial charge in [0.05, 0.1) is 7.11 Å². The van der Waals surface area contributed by atoms with Gasteiger partial charge in [0.25, 0.3) is 0 Å². The van der Waals surface area contributed by atoms with Gasteiger partial charge >= 0.3 is 0 Å². The Labute approximate surface area is 142 Å². The van der Waals surface area contributed by atoms with Gasteiger partial charge in [-0.25, -0.2) is 0 Å². The first kappa shape index (κ1) is 16.1. The molecule has 1 N–H and O–H groups in total. The van der Waals surface area contributed by atoms with Crippen LogP contribution < -0.4 is 9.47 Å². The molecule has 1 unspecified atom stereocenters. The molecule has 24 heavy (non-hydrogen) atoms. The van der Waals surface area contributed by atoms with Gasteiger partial charge in [0.2, 0.25) is 0 Å². The summed E-state index contributed by atoms with van der Waals surface area (Å²) in [7, 11) is 1.60. The number of benzene rings is 3. The minimum atomic E-state index is -0.691. The molecule has 0 fully saturated rings. The van der Waals surface area contributed by atoms with Crippen LogP contribution in [-0.4, -0.2) is 12.2 Å². The summed E-state index contributed by atoms with van der Waals surface area (Å²) in [6.45, 7) is 0.470. The zero-order chi connectivity index (χ0) is 16.8. The molecule has 0 radical (unpaired) electrons. The first-order valence-electron chi connectivity index (χ1n) is 7.85. The molecule has 0 amide bonds. The number of hydrogen-bond donors (Lipinski definition) is 1. The van der Waals surface area contributed by atoms with Crippen LogP contribution in [0.25, 0.3) is 0 Å². The molecule has 0 bridgehead atoms. The zero-order valence-electron chi connectivity index (χ0n) is 13.6. The molecular weight excluding hydrogens is 300 g/mol. The Hall–Kier alpha value is -2.78. The molecule has 3 nitrogen and oxygen atoms in total. The van der Waals surface area contributed by atoms with E-state index < -0.39 is 6.10 Å². The van der Waals surface area contributed by atoms with Crippen molar-refractivity contribution in [3.05, 3.63) is 95.6 Å². The number of ether oxygens (including phenoxy) is 2. The van der Waals surface area contributed by atoms with E-state index >= 15 is 0 Å².